The topological polar surface area (TPSA) is 107 Å². The van der Waals surface area contributed by atoms with Crippen LogP contribution < -0.4 is 5.73 Å². The Morgan fingerprint density at radius 2 is 2.38 bits per heavy atom. The molecule has 0 aromatic carbocycles. The molecule has 2 unspecified atom stereocenters. The van der Waals surface area contributed by atoms with Gasteiger partial charge in [0.1, 0.15) is 0 Å². The van der Waals surface area contributed by atoms with E-state index in [-0.39, 0.29) is 12.0 Å². The molecule has 16 heavy (non-hydrogen) atoms. The van der Waals surface area contributed by atoms with E-state index in [1.165, 1.54) is 0 Å². The van der Waals surface area contributed by atoms with E-state index >= 15 is 0 Å². The third-order valence-electron chi connectivity index (χ3n) is 2.59. The molecule has 86 valence electrons. The summed E-state index contributed by atoms with van der Waals surface area (Å²) < 4.78 is 5.15. The summed E-state index contributed by atoms with van der Waals surface area (Å²) in [7, 11) is 0. The largest absolute Gasteiger partial charge is 0.339 e. The van der Waals surface area contributed by atoms with E-state index in [1.54, 1.807) is 6.20 Å². The number of H-pyrrole nitrogens is 1. The summed E-state index contributed by atoms with van der Waals surface area (Å²) >= 11 is 0. The van der Waals surface area contributed by atoms with E-state index in [2.05, 4.69) is 25.6 Å². The highest BCUT2D eigenvalue weighted by Crippen LogP contribution is 2.20. The molecule has 2 rings (SSSR count). The zero-order valence-corrected chi connectivity index (χ0v) is 9.21. The van der Waals surface area contributed by atoms with Gasteiger partial charge in [-0.2, -0.15) is 20.4 Å². The van der Waals surface area contributed by atoms with Crippen LogP contribution in [0, 0.1) is 0 Å². The summed E-state index contributed by atoms with van der Waals surface area (Å²) in [5, 5.41) is 13.9. The maximum Gasteiger partial charge on any atom is 0.231 e. The molecule has 0 aliphatic heterocycles. The fraction of sp³-hybridized carbons (Fsp3) is 0.556. The number of hydrogen-bond acceptors (Lipinski definition) is 6. The van der Waals surface area contributed by atoms with Gasteiger partial charge in [-0.25, -0.2) is 0 Å². The van der Waals surface area contributed by atoms with Crippen molar-refractivity contribution in [2.75, 3.05) is 0 Å². The van der Waals surface area contributed by atoms with Crippen molar-refractivity contribution in [3.05, 3.63) is 12.1 Å². The third kappa shape index (κ3) is 1.94. The van der Waals surface area contributed by atoms with Gasteiger partial charge in [0.2, 0.25) is 11.7 Å². The van der Waals surface area contributed by atoms with E-state index in [0.29, 0.717) is 17.4 Å². The Morgan fingerprint density at radius 1 is 1.56 bits per heavy atom. The Kier molecular flexibility index (Phi) is 2.95. The van der Waals surface area contributed by atoms with Crippen LogP contribution in [0.3, 0.4) is 0 Å². The number of aromatic nitrogens is 5. The van der Waals surface area contributed by atoms with Crippen LogP contribution in [-0.4, -0.2) is 31.6 Å². The molecule has 0 bridgehead atoms. The zero-order valence-electron chi connectivity index (χ0n) is 9.21. The van der Waals surface area contributed by atoms with Crippen molar-refractivity contribution >= 4 is 0 Å². The molecule has 0 radical (unpaired) electrons. The molecule has 7 heteroatoms. The van der Waals surface area contributed by atoms with Gasteiger partial charge >= 0.3 is 0 Å². The lowest BCUT2D eigenvalue weighted by atomic mass is 10.0. The Morgan fingerprint density at radius 3 is 3.00 bits per heavy atom. The summed E-state index contributed by atoms with van der Waals surface area (Å²) in [4.78, 5) is 4.24. The Hall–Kier alpha value is -1.76. The maximum absolute atomic E-state index is 5.91. The normalized spacial score (nSPS) is 14.9. The Balaban J connectivity index is 2.20. The first kappa shape index (κ1) is 10.7. The number of aromatic amines is 1. The predicted molar refractivity (Wildman–Crippen MR) is 56.4 cm³/mol. The second-order valence-electron chi connectivity index (χ2n) is 3.67. The van der Waals surface area contributed by atoms with E-state index < -0.39 is 0 Å². The second kappa shape index (κ2) is 4.40. The molecule has 0 fully saturated rings. The molecule has 0 spiro atoms. The molecule has 0 amide bonds. The summed E-state index contributed by atoms with van der Waals surface area (Å²) in [6, 6.07) is 0.0191. The molecule has 2 aromatic rings. The van der Waals surface area contributed by atoms with Crippen molar-refractivity contribution in [1.82, 2.24) is 25.6 Å². The first-order valence-electron chi connectivity index (χ1n) is 5.17. The van der Waals surface area contributed by atoms with E-state index in [9.17, 15) is 0 Å². The summed E-state index contributed by atoms with van der Waals surface area (Å²) in [5.41, 5.74) is 6.48. The molecular weight excluding hydrogens is 208 g/mol. The highest BCUT2D eigenvalue weighted by atomic mass is 16.5. The van der Waals surface area contributed by atoms with Crippen LogP contribution in [0.2, 0.25) is 0 Å². The van der Waals surface area contributed by atoms with Crippen LogP contribution >= 0.6 is 0 Å². The van der Waals surface area contributed by atoms with Gasteiger partial charge in [-0.05, 0) is 6.42 Å². The van der Waals surface area contributed by atoms with Gasteiger partial charge in [0.05, 0.1) is 12.1 Å². The fourth-order valence-electron chi connectivity index (χ4n) is 1.37. The smallest absolute Gasteiger partial charge is 0.231 e. The lowest BCUT2D eigenvalue weighted by Gasteiger charge is -2.12. The average Bonchev–Trinajstić information content (AvgIpc) is 2.96. The average molecular weight is 222 g/mol. The zero-order chi connectivity index (χ0) is 11.5. The molecule has 0 aliphatic carbocycles. The molecule has 3 N–H and O–H groups in total. The first-order chi connectivity index (χ1) is 7.72. The fourth-order valence-corrected chi connectivity index (χ4v) is 1.37. The van der Waals surface area contributed by atoms with E-state index in [1.807, 2.05) is 13.8 Å². The van der Waals surface area contributed by atoms with Crippen molar-refractivity contribution in [3.8, 4) is 11.5 Å². The Labute approximate surface area is 92.4 Å². The highest BCUT2D eigenvalue weighted by molar-refractivity contribution is 5.44. The molecule has 2 atom stereocenters. The quantitative estimate of drug-likeness (QED) is 0.788. The van der Waals surface area contributed by atoms with E-state index in [0.717, 1.165) is 6.42 Å². The lowest BCUT2D eigenvalue weighted by Crippen LogP contribution is -2.25. The number of hydrogen-bond donors (Lipinski definition) is 2. The van der Waals surface area contributed by atoms with Gasteiger partial charge in [-0.15, -0.1) is 0 Å². The summed E-state index contributed by atoms with van der Waals surface area (Å²) in [6.07, 6.45) is 2.40. The van der Waals surface area contributed by atoms with Gasteiger partial charge in [0.25, 0.3) is 0 Å². The number of nitrogens with two attached hydrogens (primary N) is 1. The molecule has 0 saturated heterocycles. The third-order valence-corrected chi connectivity index (χ3v) is 2.59. The summed E-state index contributed by atoms with van der Waals surface area (Å²) in [5.74, 6) is 1.00. The molecular formula is C9H14N6O. The standard InChI is InChI=1S/C9H14N6O/c1-3-6(10)5(2)9-12-8(14-16-9)7-4-11-15-13-7/h4-6H,3,10H2,1-2H3,(H,11,13,15). The van der Waals surface area contributed by atoms with Crippen molar-refractivity contribution in [3.63, 3.8) is 0 Å². The number of nitrogens with one attached hydrogen (secondary N) is 1. The summed E-state index contributed by atoms with van der Waals surface area (Å²) in [6.45, 7) is 3.99. The van der Waals surface area contributed by atoms with Gasteiger partial charge < -0.3 is 10.3 Å². The van der Waals surface area contributed by atoms with Crippen molar-refractivity contribution in [1.29, 1.82) is 0 Å². The Bertz CT molecular complexity index is 437. The molecule has 2 heterocycles. The van der Waals surface area contributed by atoms with Crippen LogP contribution in [0.5, 0.6) is 0 Å². The maximum atomic E-state index is 5.91. The van der Waals surface area contributed by atoms with Gasteiger partial charge in [-0.3, -0.25) is 0 Å². The number of rotatable bonds is 4. The van der Waals surface area contributed by atoms with Crippen molar-refractivity contribution in [2.45, 2.75) is 32.2 Å². The predicted octanol–water partition coefficient (Wildman–Crippen LogP) is 0.695. The van der Waals surface area contributed by atoms with Crippen molar-refractivity contribution in [2.24, 2.45) is 5.73 Å². The van der Waals surface area contributed by atoms with E-state index in [4.69, 9.17) is 10.3 Å². The molecule has 0 saturated carbocycles. The molecule has 7 nitrogen and oxygen atoms in total. The molecule has 2 aromatic heterocycles. The lowest BCUT2D eigenvalue weighted by molar-refractivity contribution is 0.340. The van der Waals surface area contributed by atoms with Gasteiger partial charge in [0, 0.05) is 6.04 Å². The van der Waals surface area contributed by atoms with Gasteiger partial charge in [-0.1, -0.05) is 19.0 Å². The monoisotopic (exact) mass is 222 g/mol. The first-order valence-corrected chi connectivity index (χ1v) is 5.17. The SMILES string of the molecule is CCC(N)C(C)c1nc(-c2cn[nH]n2)no1. The van der Waals surface area contributed by atoms with Crippen molar-refractivity contribution < 1.29 is 4.52 Å². The van der Waals surface area contributed by atoms with Gasteiger partial charge in [0.15, 0.2) is 5.69 Å². The minimum Gasteiger partial charge on any atom is -0.339 e. The second-order valence-corrected chi connectivity index (χ2v) is 3.67. The van der Waals surface area contributed by atoms with Crippen LogP contribution in [0.15, 0.2) is 10.7 Å². The van der Waals surface area contributed by atoms with Crippen LogP contribution in [-0.2, 0) is 0 Å². The minimum absolute atomic E-state index is 0.0191. The number of nitrogens with zero attached hydrogens (tertiary/aromatic N) is 4. The highest BCUT2D eigenvalue weighted by Gasteiger charge is 2.20. The van der Waals surface area contributed by atoms with Crippen LogP contribution in [0.25, 0.3) is 11.5 Å². The van der Waals surface area contributed by atoms with Crippen LogP contribution in [0.4, 0.5) is 0 Å². The minimum atomic E-state index is 0.0191. The molecule has 0 aliphatic rings. The van der Waals surface area contributed by atoms with Crippen LogP contribution in [0.1, 0.15) is 32.1 Å².